The molecular weight excluding hydrogens is 258 g/mol. The molecule has 1 aromatic rings. The lowest BCUT2D eigenvalue weighted by atomic mass is 9.97. The number of nitrogens with zero attached hydrogens (tertiary/aromatic N) is 3. The first kappa shape index (κ1) is 14.6. The van der Waals surface area contributed by atoms with Crippen molar-refractivity contribution in [2.75, 3.05) is 11.4 Å². The van der Waals surface area contributed by atoms with E-state index < -0.39 is 0 Å². The van der Waals surface area contributed by atoms with Gasteiger partial charge in [-0.2, -0.15) is 0 Å². The van der Waals surface area contributed by atoms with Gasteiger partial charge in [0.15, 0.2) is 0 Å². The SMILES string of the molecule is CCCc1c(Cl)ncnc1N1CCCCC1CCC. The molecule has 1 aliphatic rings. The maximum atomic E-state index is 6.27. The van der Waals surface area contributed by atoms with E-state index in [2.05, 4.69) is 28.7 Å². The van der Waals surface area contributed by atoms with Crippen LogP contribution in [0.5, 0.6) is 0 Å². The first-order valence-electron chi connectivity index (χ1n) is 7.53. The molecule has 1 aliphatic heterocycles. The second-order valence-electron chi connectivity index (χ2n) is 5.35. The van der Waals surface area contributed by atoms with E-state index in [9.17, 15) is 0 Å². The molecule has 19 heavy (non-hydrogen) atoms. The van der Waals surface area contributed by atoms with Gasteiger partial charge in [0.1, 0.15) is 17.3 Å². The minimum atomic E-state index is 0.625. The van der Waals surface area contributed by atoms with Gasteiger partial charge in [-0.05, 0) is 32.1 Å². The Labute approximate surface area is 121 Å². The molecule has 0 bridgehead atoms. The molecule has 2 heterocycles. The Hall–Kier alpha value is -0.830. The monoisotopic (exact) mass is 281 g/mol. The number of piperidine rings is 1. The number of hydrogen-bond acceptors (Lipinski definition) is 3. The van der Waals surface area contributed by atoms with Crippen molar-refractivity contribution >= 4 is 17.4 Å². The fraction of sp³-hybridized carbons (Fsp3) is 0.733. The predicted octanol–water partition coefficient (Wildman–Crippen LogP) is 4.24. The second kappa shape index (κ2) is 7.09. The Balaban J connectivity index is 2.30. The summed E-state index contributed by atoms with van der Waals surface area (Å²) in [6.07, 6.45) is 9.99. The van der Waals surface area contributed by atoms with Crippen molar-refractivity contribution < 1.29 is 0 Å². The van der Waals surface area contributed by atoms with Crippen LogP contribution < -0.4 is 4.90 Å². The molecule has 0 saturated carbocycles. The lowest BCUT2D eigenvalue weighted by molar-refractivity contribution is 0.430. The van der Waals surface area contributed by atoms with E-state index >= 15 is 0 Å². The van der Waals surface area contributed by atoms with Gasteiger partial charge in [-0.15, -0.1) is 0 Å². The summed E-state index contributed by atoms with van der Waals surface area (Å²) in [5.74, 6) is 1.08. The molecule has 0 amide bonds. The van der Waals surface area contributed by atoms with E-state index in [0.717, 1.165) is 30.8 Å². The van der Waals surface area contributed by atoms with E-state index in [1.807, 2.05) is 0 Å². The van der Waals surface area contributed by atoms with Crippen molar-refractivity contribution in [3.05, 3.63) is 17.0 Å². The van der Waals surface area contributed by atoms with Gasteiger partial charge in [-0.3, -0.25) is 0 Å². The predicted molar refractivity (Wildman–Crippen MR) is 80.9 cm³/mol. The van der Waals surface area contributed by atoms with Crippen LogP contribution in [0.15, 0.2) is 6.33 Å². The molecule has 106 valence electrons. The van der Waals surface area contributed by atoms with Gasteiger partial charge in [0.05, 0.1) is 0 Å². The number of rotatable bonds is 5. The topological polar surface area (TPSA) is 29.0 Å². The molecule has 4 heteroatoms. The molecule has 1 atom stereocenters. The van der Waals surface area contributed by atoms with Crippen molar-refractivity contribution in [1.82, 2.24) is 9.97 Å². The van der Waals surface area contributed by atoms with Crippen LogP contribution in [0.2, 0.25) is 5.15 Å². The van der Waals surface area contributed by atoms with Crippen LogP contribution in [0.3, 0.4) is 0 Å². The third kappa shape index (κ3) is 3.38. The minimum absolute atomic E-state index is 0.625. The van der Waals surface area contributed by atoms with Crippen molar-refractivity contribution in [1.29, 1.82) is 0 Å². The fourth-order valence-corrected chi connectivity index (χ4v) is 3.23. The van der Waals surface area contributed by atoms with Gasteiger partial charge in [-0.25, -0.2) is 9.97 Å². The van der Waals surface area contributed by atoms with Gasteiger partial charge in [0, 0.05) is 18.2 Å². The summed E-state index contributed by atoms with van der Waals surface area (Å²) in [6, 6.07) is 0.625. The quantitative estimate of drug-likeness (QED) is 0.756. The molecule has 1 aromatic heterocycles. The Bertz CT molecular complexity index is 406. The Kier molecular flexibility index (Phi) is 5.44. The van der Waals surface area contributed by atoms with Crippen LogP contribution in [0.4, 0.5) is 5.82 Å². The molecule has 2 rings (SSSR count). The Morgan fingerprint density at radius 1 is 1.26 bits per heavy atom. The Morgan fingerprint density at radius 2 is 2.11 bits per heavy atom. The highest BCUT2D eigenvalue weighted by Gasteiger charge is 2.25. The summed E-state index contributed by atoms with van der Waals surface area (Å²) in [7, 11) is 0. The largest absolute Gasteiger partial charge is 0.353 e. The molecule has 1 saturated heterocycles. The van der Waals surface area contributed by atoms with Crippen LogP contribution in [0, 0.1) is 0 Å². The summed E-state index contributed by atoms with van der Waals surface area (Å²) in [5.41, 5.74) is 1.13. The molecule has 0 aliphatic carbocycles. The zero-order chi connectivity index (χ0) is 13.7. The van der Waals surface area contributed by atoms with Crippen molar-refractivity contribution in [2.45, 2.75) is 64.8 Å². The molecule has 0 spiro atoms. The van der Waals surface area contributed by atoms with Gasteiger partial charge < -0.3 is 4.90 Å². The highest BCUT2D eigenvalue weighted by Crippen LogP contribution is 2.31. The first-order valence-corrected chi connectivity index (χ1v) is 7.91. The molecule has 3 nitrogen and oxygen atoms in total. The summed E-state index contributed by atoms with van der Waals surface area (Å²) >= 11 is 6.27. The highest BCUT2D eigenvalue weighted by molar-refractivity contribution is 6.30. The zero-order valence-electron chi connectivity index (χ0n) is 12.0. The average molecular weight is 282 g/mol. The number of halogens is 1. The van der Waals surface area contributed by atoms with Crippen LogP contribution in [-0.2, 0) is 6.42 Å². The average Bonchev–Trinajstić information content (AvgIpc) is 2.42. The number of anilines is 1. The molecule has 1 unspecified atom stereocenters. The maximum absolute atomic E-state index is 6.27. The summed E-state index contributed by atoms with van der Waals surface area (Å²) in [4.78, 5) is 11.2. The molecule has 0 radical (unpaired) electrons. The van der Waals surface area contributed by atoms with Crippen LogP contribution >= 0.6 is 11.6 Å². The maximum Gasteiger partial charge on any atom is 0.137 e. The van der Waals surface area contributed by atoms with E-state index in [4.69, 9.17) is 11.6 Å². The smallest absolute Gasteiger partial charge is 0.137 e. The highest BCUT2D eigenvalue weighted by atomic mass is 35.5. The fourth-order valence-electron chi connectivity index (χ4n) is 3.01. The van der Waals surface area contributed by atoms with E-state index in [1.165, 1.54) is 32.1 Å². The van der Waals surface area contributed by atoms with Gasteiger partial charge in [0.25, 0.3) is 0 Å². The lowest BCUT2D eigenvalue weighted by Crippen LogP contribution is -2.40. The van der Waals surface area contributed by atoms with Crippen LogP contribution in [-0.4, -0.2) is 22.6 Å². The third-order valence-electron chi connectivity index (χ3n) is 3.89. The minimum Gasteiger partial charge on any atom is -0.353 e. The van der Waals surface area contributed by atoms with Crippen molar-refractivity contribution in [2.24, 2.45) is 0 Å². The summed E-state index contributed by atoms with van der Waals surface area (Å²) in [5, 5.41) is 0.632. The van der Waals surface area contributed by atoms with Crippen LogP contribution in [0.25, 0.3) is 0 Å². The first-order chi connectivity index (χ1) is 9.27. The van der Waals surface area contributed by atoms with E-state index in [1.54, 1.807) is 6.33 Å². The van der Waals surface area contributed by atoms with E-state index in [-0.39, 0.29) is 0 Å². The number of aromatic nitrogens is 2. The van der Waals surface area contributed by atoms with Gasteiger partial charge >= 0.3 is 0 Å². The van der Waals surface area contributed by atoms with Gasteiger partial charge in [-0.1, -0.05) is 38.3 Å². The van der Waals surface area contributed by atoms with Gasteiger partial charge in [0.2, 0.25) is 0 Å². The van der Waals surface area contributed by atoms with E-state index in [0.29, 0.717) is 11.2 Å². The summed E-state index contributed by atoms with van der Waals surface area (Å²) < 4.78 is 0. The lowest BCUT2D eigenvalue weighted by Gasteiger charge is -2.37. The number of hydrogen-bond donors (Lipinski definition) is 0. The standard InChI is InChI=1S/C15H24ClN3/c1-3-7-12-9-5-6-10-19(12)15-13(8-4-2)14(16)17-11-18-15/h11-12H,3-10H2,1-2H3. The third-order valence-corrected chi connectivity index (χ3v) is 4.22. The molecule has 1 fully saturated rings. The molecular formula is C15H24ClN3. The zero-order valence-corrected chi connectivity index (χ0v) is 12.8. The Morgan fingerprint density at radius 3 is 2.84 bits per heavy atom. The second-order valence-corrected chi connectivity index (χ2v) is 5.71. The molecule has 0 N–H and O–H groups in total. The summed E-state index contributed by atoms with van der Waals surface area (Å²) in [6.45, 7) is 5.54. The normalized spacial score (nSPS) is 19.7. The van der Waals surface area contributed by atoms with Crippen molar-refractivity contribution in [3.8, 4) is 0 Å². The van der Waals surface area contributed by atoms with Crippen molar-refractivity contribution in [3.63, 3.8) is 0 Å². The van der Waals surface area contributed by atoms with Crippen LogP contribution in [0.1, 0.15) is 57.9 Å². The molecule has 0 aromatic carbocycles.